The first kappa shape index (κ1) is 25.8. The maximum Gasteiger partial charge on any atom is 0.314 e. The SMILES string of the molecule is CCCCCCCCNC(=O)NCCCCCCNC(=O)NCCc1ccccc1. The van der Waals surface area contributed by atoms with Gasteiger partial charge in [0.05, 0.1) is 0 Å². The average molecular weight is 419 g/mol. The van der Waals surface area contributed by atoms with E-state index in [-0.39, 0.29) is 12.1 Å². The highest BCUT2D eigenvalue weighted by Gasteiger charge is 2.01. The molecule has 0 aromatic heterocycles. The molecule has 0 heterocycles. The molecule has 6 heteroatoms. The van der Waals surface area contributed by atoms with E-state index in [2.05, 4.69) is 40.3 Å². The number of nitrogens with one attached hydrogen (secondary N) is 4. The monoisotopic (exact) mass is 418 g/mol. The number of rotatable bonds is 17. The quantitative estimate of drug-likeness (QED) is 0.275. The molecule has 1 aromatic carbocycles. The first-order valence-corrected chi connectivity index (χ1v) is 11.8. The Kier molecular flexibility index (Phi) is 16.1. The second-order valence-electron chi connectivity index (χ2n) is 7.78. The molecule has 0 spiro atoms. The molecule has 170 valence electrons. The van der Waals surface area contributed by atoms with Gasteiger partial charge in [-0.1, -0.05) is 82.2 Å². The largest absolute Gasteiger partial charge is 0.338 e. The van der Waals surface area contributed by atoms with Crippen LogP contribution in [0.25, 0.3) is 0 Å². The van der Waals surface area contributed by atoms with Crippen molar-refractivity contribution in [2.24, 2.45) is 0 Å². The Morgan fingerprint density at radius 2 is 1.03 bits per heavy atom. The van der Waals surface area contributed by atoms with Crippen LogP contribution in [-0.2, 0) is 6.42 Å². The molecule has 1 rings (SSSR count). The second-order valence-corrected chi connectivity index (χ2v) is 7.78. The van der Waals surface area contributed by atoms with Crippen molar-refractivity contribution in [3.05, 3.63) is 35.9 Å². The van der Waals surface area contributed by atoms with Crippen molar-refractivity contribution in [1.29, 1.82) is 0 Å². The number of amides is 4. The summed E-state index contributed by atoms with van der Waals surface area (Å²) in [6.07, 6.45) is 12.3. The van der Waals surface area contributed by atoms with E-state index < -0.39 is 0 Å². The van der Waals surface area contributed by atoms with E-state index in [1.165, 1.54) is 37.7 Å². The van der Waals surface area contributed by atoms with Crippen LogP contribution >= 0.6 is 0 Å². The number of hydrogen-bond donors (Lipinski definition) is 4. The van der Waals surface area contributed by atoms with Crippen molar-refractivity contribution in [2.75, 3.05) is 26.2 Å². The normalized spacial score (nSPS) is 10.4. The van der Waals surface area contributed by atoms with Crippen LogP contribution in [-0.4, -0.2) is 38.2 Å². The van der Waals surface area contributed by atoms with E-state index >= 15 is 0 Å². The molecule has 4 amide bonds. The minimum Gasteiger partial charge on any atom is -0.338 e. The summed E-state index contributed by atoms with van der Waals surface area (Å²) < 4.78 is 0. The van der Waals surface area contributed by atoms with E-state index in [1.807, 2.05) is 18.2 Å². The Labute approximate surface area is 183 Å². The zero-order valence-electron chi connectivity index (χ0n) is 18.8. The van der Waals surface area contributed by atoms with Gasteiger partial charge in [-0.3, -0.25) is 0 Å². The summed E-state index contributed by atoms with van der Waals surface area (Å²) in [5.74, 6) is 0. The summed E-state index contributed by atoms with van der Waals surface area (Å²) in [4.78, 5) is 23.4. The van der Waals surface area contributed by atoms with E-state index in [0.717, 1.165) is 45.1 Å². The van der Waals surface area contributed by atoms with Crippen LogP contribution in [0.5, 0.6) is 0 Å². The van der Waals surface area contributed by atoms with Crippen molar-refractivity contribution in [1.82, 2.24) is 21.3 Å². The van der Waals surface area contributed by atoms with Crippen molar-refractivity contribution < 1.29 is 9.59 Å². The number of hydrogen-bond acceptors (Lipinski definition) is 2. The van der Waals surface area contributed by atoms with Gasteiger partial charge in [0, 0.05) is 26.2 Å². The van der Waals surface area contributed by atoms with Crippen molar-refractivity contribution >= 4 is 12.1 Å². The van der Waals surface area contributed by atoms with E-state index in [0.29, 0.717) is 19.6 Å². The molecule has 0 aliphatic rings. The highest BCUT2D eigenvalue weighted by Crippen LogP contribution is 2.04. The number of urea groups is 2. The van der Waals surface area contributed by atoms with Gasteiger partial charge in [0.1, 0.15) is 0 Å². The fourth-order valence-corrected chi connectivity index (χ4v) is 3.20. The maximum absolute atomic E-state index is 11.7. The molecule has 0 radical (unpaired) electrons. The predicted octanol–water partition coefficient (Wildman–Crippen LogP) is 4.75. The molecule has 0 bridgehead atoms. The third kappa shape index (κ3) is 15.7. The third-order valence-electron chi connectivity index (χ3n) is 5.03. The predicted molar refractivity (Wildman–Crippen MR) is 125 cm³/mol. The average Bonchev–Trinajstić information content (AvgIpc) is 2.75. The first-order chi connectivity index (χ1) is 14.7. The molecular weight excluding hydrogens is 376 g/mol. The van der Waals surface area contributed by atoms with Crippen molar-refractivity contribution in [3.8, 4) is 0 Å². The van der Waals surface area contributed by atoms with E-state index in [1.54, 1.807) is 0 Å². The molecule has 4 N–H and O–H groups in total. The number of unbranched alkanes of at least 4 members (excludes halogenated alkanes) is 8. The Bertz CT molecular complexity index is 551. The molecule has 0 saturated heterocycles. The molecule has 0 fully saturated rings. The minimum atomic E-state index is -0.102. The van der Waals surface area contributed by atoms with Gasteiger partial charge in [-0.2, -0.15) is 0 Å². The van der Waals surface area contributed by atoms with Crippen LogP contribution in [0.4, 0.5) is 9.59 Å². The van der Waals surface area contributed by atoms with Gasteiger partial charge in [-0.25, -0.2) is 9.59 Å². The lowest BCUT2D eigenvalue weighted by Gasteiger charge is -2.09. The van der Waals surface area contributed by atoms with Gasteiger partial charge >= 0.3 is 12.1 Å². The summed E-state index contributed by atoms with van der Waals surface area (Å²) in [6.45, 7) is 5.01. The lowest BCUT2D eigenvalue weighted by Crippen LogP contribution is -2.37. The molecule has 0 atom stereocenters. The van der Waals surface area contributed by atoms with Crippen LogP contribution < -0.4 is 21.3 Å². The van der Waals surface area contributed by atoms with Crippen LogP contribution in [0.2, 0.25) is 0 Å². The standard InChI is InChI=1S/C24H42N4O2/c1-2-3-4-5-6-12-18-25-23(29)26-19-13-7-8-14-20-27-24(30)28-21-17-22-15-10-9-11-16-22/h9-11,15-16H,2-8,12-14,17-21H2,1H3,(H2,25,26,29)(H2,27,28,30). The Morgan fingerprint density at radius 3 is 1.53 bits per heavy atom. The zero-order valence-corrected chi connectivity index (χ0v) is 18.8. The summed E-state index contributed by atoms with van der Waals surface area (Å²) in [6, 6.07) is 9.97. The van der Waals surface area contributed by atoms with Crippen LogP contribution in [0.15, 0.2) is 30.3 Å². The lowest BCUT2D eigenvalue weighted by atomic mass is 10.1. The Hall–Kier alpha value is -2.24. The second kappa shape index (κ2) is 18.8. The molecule has 0 aliphatic heterocycles. The lowest BCUT2D eigenvalue weighted by molar-refractivity contribution is 0.239. The fraction of sp³-hybridized carbons (Fsp3) is 0.667. The number of carbonyl (C=O) groups excluding carboxylic acids is 2. The minimum absolute atomic E-state index is 0.0580. The molecule has 0 unspecified atom stereocenters. The number of benzene rings is 1. The first-order valence-electron chi connectivity index (χ1n) is 11.8. The summed E-state index contributed by atoms with van der Waals surface area (Å²) in [7, 11) is 0. The van der Waals surface area contributed by atoms with Crippen molar-refractivity contribution in [3.63, 3.8) is 0 Å². The van der Waals surface area contributed by atoms with Crippen LogP contribution in [0.3, 0.4) is 0 Å². The van der Waals surface area contributed by atoms with Crippen LogP contribution in [0, 0.1) is 0 Å². The fourth-order valence-electron chi connectivity index (χ4n) is 3.20. The van der Waals surface area contributed by atoms with Crippen LogP contribution in [0.1, 0.15) is 76.7 Å². The molecule has 0 aliphatic carbocycles. The third-order valence-corrected chi connectivity index (χ3v) is 5.03. The summed E-state index contributed by atoms with van der Waals surface area (Å²) in [5, 5.41) is 11.6. The Morgan fingerprint density at radius 1 is 0.600 bits per heavy atom. The molecule has 30 heavy (non-hydrogen) atoms. The molecule has 6 nitrogen and oxygen atoms in total. The Balaban J connectivity index is 1.82. The van der Waals surface area contributed by atoms with Crippen molar-refractivity contribution in [2.45, 2.75) is 77.6 Å². The van der Waals surface area contributed by atoms with Gasteiger partial charge in [0.15, 0.2) is 0 Å². The van der Waals surface area contributed by atoms with E-state index in [9.17, 15) is 9.59 Å². The summed E-state index contributed by atoms with van der Waals surface area (Å²) in [5.41, 5.74) is 1.22. The highest BCUT2D eigenvalue weighted by molar-refractivity contribution is 5.74. The van der Waals surface area contributed by atoms with Gasteiger partial charge < -0.3 is 21.3 Å². The van der Waals surface area contributed by atoms with Gasteiger partial charge in [-0.15, -0.1) is 0 Å². The topological polar surface area (TPSA) is 82.3 Å². The molecular formula is C24H42N4O2. The molecule has 0 saturated carbocycles. The highest BCUT2D eigenvalue weighted by atomic mass is 16.2. The van der Waals surface area contributed by atoms with Gasteiger partial charge in [0.2, 0.25) is 0 Å². The van der Waals surface area contributed by atoms with E-state index in [4.69, 9.17) is 0 Å². The summed E-state index contributed by atoms with van der Waals surface area (Å²) >= 11 is 0. The smallest absolute Gasteiger partial charge is 0.314 e. The van der Waals surface area contributed by atoms with Gasteiger partial charge in [-0.05, 0) is 31.2 Å². The zero-order chi connectivity index (χ0) is 21.7. The maximum atomic E-state index is 11.7. The molecule has 1 aromatic rings. The van der Waals surface area contributed by atoms with Gasteiger partial charge in [0.25, 0.3) is 0 Å². The number of carbonyl (C=O) groups is 2.